The number of anilines is 4. The molecule has 2 aliphatic heterocycles. The van der Waals surface area contributed by atoms with Gasteiger partial charge in [-0.05, 0) is 171 Å². The summed E-state index contributed by atoms with van der Waals surface area (Å²) in [5.41, 5.74) is 0.911. The maximum Gasteiger partial charge on any atom is 0.366 e. The Morgan fingerprint density at radius 2 is 0.887 bits per heavy atom. The first-order valence-corrected chi connectivity index (χ1v) is 27.7. The van der Waals surface area contributed by atoms with Crippen LogP contribution in [0, 0.1) is 45.1 Å². The second-order valence-electron chi connectivity index (χ2n) is 16.9. The molecule has 0 N–H and O–H groups in total. The van der Waals surface area contributed by atoms with Gasteiger partial charge in [-0.2, -0.15) is 0 Å². The highest BCUT2D eigenvalue weighted by molar-refractivity contribution is 14.1. The molecule has 24 heteroatoms. The number of hydrogen-bond acceptors (Lipinski definition) is 12. The van der Waals surface area contributed by atoms with Gasteiger partial charge in [0.05, 0.1) is 78.3 Å². The molecule has 8 rings (SSSR count). The third-order valence-electron chi connectivity index (χ3n) is 13.0. The fraction of sp³-hybridized carbons (Fsp3) is 0.277. The lowest BCUT2D eigenvalue weighted by atomic mass is 9.85. The smallest absolute Gasteiger partial charge is 0.325 e. The SMILES string of the molecule is CC(=O)N(C)c1c(I)c(C(=O)ON2C(=O)c3cccc4cccc(c34)C2=O)c(I)c(N(C)C(=O)CCC(=O)N(C)c2c(I)c(C(=O)ON3C(=O)C4C5C=CC(C5)C4C3=O)c(I)c(N(C)C(C)=O)c2I)c1I. The lowest BCUT2D eigenvalue weighted by molar-refractivity contribution is -0.175. The van der Waals surface area contributed by atoms with Crippen LogP contribution in [0.4, 0.5) is 22.7 Å². The monoisotopic (exact) mass is 1640 g/mol. The molecule has 2 fully saturated rings. The molecule has 2 aliphatic carbocycles. The Labute approximate surface area is 487 Å². The standard InChI is InChI=1S/C47H36I6N6O12/c1-18(60)54(3)38-32(48)30(46(68)70-58-42(64)23-11-7-9-20-10-8-12-24(27(20)23)43(58)65)34(50)40(36(38)52)56(5)25(62)15-16-26(63)57(6)41-35(51)31(33(49)39(37(41)53)55(4)19(2)61)47(69)71-59-44(66)28-21-13-14-22(17-21)29(28)45(59)67/h7-14,21-22,28-29H,15-17H2,1-6H3. The van der Waals surface area contributed by atoms with E-state index in [4.69, 9.17) is 9.68 Å². The number of allylic oxidation sites excluding steroid dienone is 2. The van der Waals surface area contributed by atoms with Gasteiger partial charge < -0.3 is 29.3 Å². The van der Waals surface area contributed by atoms with Crippen molar-refractivity contribution in [2.24, 2.45) is 23.7 Å². The predicted molar refractivity (Wildman–Crippen MR) is 308 cm³/mol. The largest absolute Gasteiger partial charge is 0.366 e. The second-order valence-corrected chi connectivity index (χ2v) is 23.4. The zero-order chi connectivity index (χ0) is 52.0. The van der Waals surface area contributed by atoms with Gasteiger partial charge in [0, 0.05) is 60.3 Å². The maximum absolute atomic E-state index is 14.3. The molecule has 71 heavy (non-hydrogen) atoms. The van der Waals surface area contributed by atoms with Crippen LogP contribution in [0.25, 0.3) is 10.8 Å². The summed E-state index contributed by atoms with van der Waals surface area (Å²) in [6.07, 6.45) is 3.74. The van der Waals surface area contributed by atoms with E-state index in [0.29, 0.717) is 34.5 Å². The van der Waals surface area contributed by atoms with E-state index < -0.39 is 71.0 Å². The number of amides is 8. The van der Waals surface area contributed by atoms with Crippen molar-refractivity contribution >= 4 is 228 Å². The first-order valence-electron chi connectivity index (χ1n) is 21.3. The molecule has 0 spiro atoms. The van der Waals surface area contributed by atoms with Gasteiger partial charge in [0.25, 0.3) is 23.6 Å². The normalized spacial score (nSPS) is 18.5. The minimum atomic E-state index is -1.12. The van der Waals surface area contributed by atoms with Crippen LogP contribution in [0.15, 0.2) is 48.6 Å². The van der Waals surface area contributed by atoms with Crippen molar-refractivity contribution in [2.45, 2.75) is 33.1 Å². The number of hydrogen-bond donors (Lipinski definition) is 0. The van der Waals surface area contributed by atoms with Gasteiger partial charge in [-0.3, -0.25) is 38.4 Å². The molecule has 4 aliphatic rings. The molecular weight excluding hydrogens is 1600 g/mol. The Hall–Kier alpha value is -3.64. The van der Waals surface area contributed by atoms with E-state index in [0.717, 1.165) is 0 Å². The van der Waals surface area contributed by atoms with Crippen molar-refractivity contribution in [3.63, 3.8) is 0 Å². The van der Waals surface area contributed by atoms with Gasteiger partial charge in [-0.1, -0.05) is 41.5 Å². The summed E-state index contributed by atoms with van der Waals surface area (Å²) in [5.74, 6) is -8.60. The number of imide groups is 2. The highest BCUT2D eigenvalue weighted by atomic mass is 127. The van der Waals surface area contributed by atoms with Crippen LogP contribution >= 0.6 is 136 Å². The summed E-state index contributed by atoms with van der Waals surface area (Å²) in [6, 6.07) is 9.85. The van der Waals surface area contributed by atoms with Crippen LogP contribution in [0.5, 0.6) is 0 Å². The summed E-state index contributed by atoms with van der Waals surface area (Å²) >= 11 is 11.4. The minimum absolute atomic E-state index is 0.0985. The van der Waals surface area contributed by atoms with Crippen molar-refractivity contribution < 1.29 is 57.6 Å². The molecule has 4 atom stereocenters. The molecule has 368 valence electrons. The molecule has 2 heterocycles. The molecule has 0 radical (unpaired) electrons. The number of benzene rings is 4. The zero-order valence-electron chi connectivity index (χ0n) is 37.9. The number of rotatable bonds is 11. The second kappa shape index (κ2) is 20.6. The van der Waals surface area contributed by atoms with Crippen LogP contribution in [0.2, 0.25) is 0 Å². The molecule has 0 aromatic heterocycles. The topological polar surface area (TPSA) is 209 Å². The Bertz CT molecular complexity index is 3120. The van der Waals surface area contributed by atoms with Crippen LogP contribution in [0.1, 0.15) is 74.5 Å². The van der Waals surface area contributed by atoms with Gasteiger partial charge in [0.15, 0.2) is 0 Å². The predicted octanol–water partition coefficient (Wildman–Crippen LogP) is 8.09. The highest BCUT2D eigenvalue weighted by Gasteiger charge is 2.61. The molecular formula is C47H36I6N6O12. The average Bonchev–Trinajstić information content (AvgIpc) is 4.01. The lowest BCUT2D eigenvalue weighted by Gasteiger charge is -2.29. The third kappa shape index (κ3) is 9.04. The zero-order valence-corrected chi connectivity index (χ0v) is 50.8. The Morgan fingerprint density at radius 3 is 1.25 bits per heavy atom. The van der Waals surface area contributed by atoms with Crippen LogP contribution in [-0.4, -0.2) is 97.5 Å². The van der Waals surface area contributed by atoms with E-state index in [-0.39, 0.29) is 84.0 Å². The Balaban J connectivity index is 1.07. The quantitative estimate of drug-likeness (QED) is 0.0793. The molecule has 1 saturated carbocycles. The number of halogens is 6. The molecule has 4 aromatic rings. The van der Waals surface area contributed by atoms with E-state index in [2.05, 4.69) is 0 Å². The summed E-state index contributed by atoms with van der Waals surface area (Å²) < 4.78 is 1.65. The van der Waals surface area contributed by atoms with Crippen molar-refractivity contribution in [3.05, 3.63) is 92.2 Å². The third-order valence-corrected chi connectivity index (χ3v) is 19.3. The van der Waals surface area contributed by atoms with E-state index in [9.17, 15) is 47.9 Å². The summed E-state index contributed by atoms with van der Waals surface area (Å²) in [6.45, 7) is 2.63. The van der Waals surface area contributed by atoms with Crippen molar-refractivity contribution in [1.82, 2.24) is 10.1 Å². The number of carbonyl (C=O) groups is 10. The molecule has 2 bridgehead atoms. The fourth-order valence-corrected chi connectivity index (χ4v) is 19.3. The molecule has 4 aromatic carbocycles. The van der Waals surface area contributed by atoms with Gasteiger partial charge in [0.1, 0.15) is 0 Å². The average molecular weight is 1640 g/mol. The van der Waals surface area contributed by atoms with E-state index in [1.165, 1.54) is 73.8 Å². The minimum Gasteiger partial charge on any atom is -0.325 e. The Kier molecular flexibility index (Phi) is 15.6. The van der Waals surface area contributed by atoms with Gasteiger partial charge in [-0.25, -0.2) is 9.59 Å². The lowest BCUT2D eigenvalue weighted by Crippen LogP contribution is -2.42. The van der Waals surface area contributed by atoms with E-state index >= 15 is 0 Å². The fourth-order valence-electron chi connectivity index (χ4n) is 9.24. The number of hydroxylamine groups is 4. The first kappa shape index (κ1) is 53.6. The number of nitrogens with zero attached hydrogens (tertiary/aromatic N) is 6. The van der Waals surface area contributed by atoms with E-state index in [1.807, 2.05) is 148 Å². The molecule has 4 unspecified atom stereocenters. The van der Waals surface area contributed by atoms with Gasteiger partial charge >= 0.3 is 11.9 Å². The summed E-state index contributed by atoms with van der Waals surface area (Å²) in [4.78, 5) is 153. The number of carbonyl (C=O) groups excluding carboxylic acids is 10. The van der Waals surface area contributed by atoms with Crippen molar-refractivity contribution in [3.8, 4) is 0 Å². The molecule has 18 nitrogen and oxygen atoms in total. The van der Waals surface area contributed by atoms with Gasteiger partial charge in [0.2, 0.25) is 23.6 Å². The van der Waals surface area contributed by atoms with Crippen molar-refractivity contribution in [1.29, 1.82) is 0 Å². The van der Waals surface area contributed by atoms with Gasteiger partial charge in [-0.15, -0.1) is 5.06 Å². The maximum atomic E-state index is 14.3. The van der Waals surface area contributed by atoms with Crippen LogP contribution in [-0.2, 0) is 38.4 Å². The van der Waals surface area contributed by atoms with Crippen molar-refractivity contribution in [2.75, 3.05) is 47.8 Å². The molecule has 8 amide bonds. The number of fused-ring (bicyclic) bond motifs is 5. The highest BCUT2D eigenvalue weighted by Crippen LogP contribution is 2.53. The van der Waals surface area contributed by atoms with Crippen LogP contribution < -0.4 is 19.6 Å². The summed E-state index contributed by atoms with van der Waals surface area (Å²) in [5, 5.41) is 2.01. The first-order chi connectivity index (χ1) is 33.4. The molecule has 1 saturated heterocycles. The Morgan fingerprint density at radius 1 is 0.535 bits per heavy atom. The van der Waals surface area contributed by atoms with E-state index in [1.54, 1.807) is 24.3 Å². The summed E-state index contributed by atoms with van der Waals surface area (Å²) in [7, 11) is 5.85. The van der Waals surface area contributed by atoms with Crippen LogP contribution in [0.3, 0.4) is 0 Å².